The number of nitrogens with zero attached hydrogens (tertiary/aromatic N) is 4. The number of hydrogen-bond acceptors (Lipinski definition) is 4. The second kappa shape index (κ2) is 14.2. The molecule has 10 rings (SSSR count). The van der Waals surface area contributed by atoms with Crippen molar-refractivity contribution in [1.82, 2.24) is 19.5 Å². The Bertz CT molecular complexity index is 3310. The lowest BCUT2D eigenvalue weighted by atomic mass is 9.60. The van der Waals surface area contributed by atoms with Crippen molar-refractivity contribution in [2.45, 2.75) is 0 Å². The summed E-state index contributed by atoms with van der Waals surface area (Å²) < 4.78 is 8.72. The molecule has 0 N–H and O–H groups in total. The lowest BCUT2D eigenvalue weighted by molar-refractivity contribution is 0.669. The van der Waals surface area contributed by atoms with E-state index in [9.17, 15) is 0 Å². The van der Waals surface area contributed by atoms with Gasteiger partial charge in [0.1, 0.15) is 89.6 Å². The number of para-hydroxylation sites is 2. The molecule has 0 fully saturated rings. The normalized spacial score (nSPS) is 11.7. The zero-order valence-electron chi connectivity index (χ0n) is 31.9. The van der Waals surface area contributed by atoms with Gasteiger partial charge in [0, 0.05) is 43.9 Å². The first-order valence-corrected chi connectivity index (χ1v) is 18.8. The van der Waals surface area contributed by atoms with E-state index in [0.29, 0.717) is 16.7 Å². The van der Waals surface area contributed by atoms with Crippen LogP contribution in [0.4, 0.5) is 0 Å². The number of benzene rings is 7. The third-order valence-corrected chi connectivity index (χ3v) is 11.2. The Labute approximate surface area is 359 Å². The van der Waals surface area contributed by atoms with Crippen molar-refractivity contribution in [2.24, 2.45) is 0 Å². The highest BCUT2D eigenvalue weighted by Gasteiger charge is 2.23. The number of aromatic nitrogens is 4. The first kappa shape index (κ1) is 38.0. The number of fused-ring (bicyclic) bond motifs is 6. The Morgan fingerprint density at radius 1 is 0.383 bits per heavy atom. The van der Waals surface area contributed by atoms with E-state index >= 15 is 0 Å². The molecule has 0 aliphatic carbocycles. The molecule has 0 unspecified atom stereocenters. The minimum Gasteiger partial charge on any atom is -0.456 e. The number of furan rings is 1. The van der Waals surface area contributed by atoms with Gasteiger partial charge in [-0.25, -0.2) is 15.0 Å². The van der Waals surface area contributed by atoms with Crippen molar-refractivity contribution in [3.63, 3.8) is 0 Å². The first-order valence-electron chi connectivity index (χ1n) is 18.8. The first-order chi connectivity index (χ1) is 28.9. The third kappa shape index (κ3) is 5.73. The summed E-state index contributed by atoms with van der Waals surface area (Å²) in [7, 11) is 63.7. The van der Waals surface area contributed by atoms with Crippen LogP contribution >= 0.6 is 0 Å². The lowest BCUT2D eigenvalue weighted by Crippen LogP contribution is -2.55. The van der Waals surface area contributed by atoms with E-state index < -0.39 is 0 Å². The molecular weight excluding hydrogens is 721 g/mol. The molecule has 7 aromatic carbocycles. The molecular formula is C45H18B10N4O. The molecule has 3 heterocycles. The van der Waals surface area contributed by atoms with Gasteiger partial charge in [0.25, 0.3) is 0 Å². The molecule has 254 valence electrons. The smallest absolute Gasteiger partial charge is 0.164 e. The second-order valence-electron chi connectivity index (χ2n) is 14.6. The third-order valence-electron chi connectivity index (χ3n) is 11.2. The molecule has 0 aliphatic heterocycles. The topological polar surface area (TPSA) is 56.7 Å². The van der Waals surface area contributed by atoms with Gasteiger partial charge in [-0.05, 0) is 59.7 Å². The predicted octanol–water partition coefficient (Wildman–Crippen LogP) is -0.526. The summed E-state index contributed by atoms with van der Waals surface area (Å²) in [5, 5.41) is 3.82. The van der Waals surface area contributed by atoms with Crippen molar-refractivity contribution >= 4 is 177 Å². The summed E-state index contributed by atoms with van der Waals surface area (Å²) in [6.45, 7) is 0. The number of hydrogen-bond donors (Lipinski definition) is 0. The van der Waals surface area contributed by atoms with Gasteiger partial charge in [0.15, 0.2) is 17.5 Å². The summed E-state index contributed by atoms with van der Waals surface area (Å²) >= 11 is 0. The Balaban J connectivity index is 1.21. The van der Waals surface area contributed by atoms with Crippen LogP contribution in [0.5, 0.6) is 0 Å². The van der Waals surface area contributed by atoms with Gasteiger partial charge >= 0.3 is 0 Å². The molecule has 0 amide bonds. The maximum absolute atomic E-state index is 6.54. The van der Waals surface area contributed by atoms with E-state index in [1.807, 2.05) is 48.5 Å². The average Bonchev–Trinajstić information content (AvgIpc) is 3.82. The molecule has 0 saturated heterocycles. The van der Waals surface area contributed by atoms with Crippen LogP contribution < -0.4 is 54.6 Å². The quantitative estimate of drug-likeness (QED) is 0.223. The van der Waals surface area contributed by atoms with Crippen LogP contribution in [0.15, 0.2) is 114 Å². The van der Waals surface area contributed by atoms with Crippen LogP contribution in [0.1, 0.15) is 0 Å². The highest BCUT2D eigenvalue weighted by Crippen LogP contribution is 2.40. The fraction of sp³-hybridized carbons (Fsp3) is 0. The zero-order chi connectivity index (χ0) is 41.7. The monoisotopic (exact) mass is 740 g/mol. The van der Waals surface area contributed by atoms with Crippen molar-refractivity contribution in [1.29, 1.82) is 0 Å². The van der Waals surface area contributed by atoms with Crippen LogP contribution in [0.3, 0.4) is 0 Å². The maximum Gasteiger partial charge on any atom is 0.164 e. The fourth-order valence-electron chi connectivity index (χ4n) is 8.10. The van der Waals surface area contributed by atoms with Gasteiger partial charge in [0.2, 0.25) is 0 Å². The van der Waals surface area contributed by atoms with Crippen molar-refractivity contribution in [3.05, 3.63) is 109 Å². The molecule has 5 nitrogen and oxygen atoms in total. The van der Waals surface area contributed by atoms with Crippen LogP contribution in [0.2, 0.25) is 0 Å². The largest absolute Gasteiger partial charge is 0.456 e. The van der Waals surface area contributed by atoms with Crippen molar-refractivity contribution in [3.8, 4) is 51.0 Å². The molecule has 0 atom stereocenters. The Kier molecular flexibility index (Phi) is 9.02. The van der Waals surface area contributed by atoms with Gasteiger partial charge in [0.05, 0.1) is 11.0 Å². The molecule has 0 spiro atoms. The molecule has 3 aromatic heterocycles. The molecule has 0 bridgehead atoms. The van der Waals surface area contributed by atoms with Gasteiger partial charge in [-0.2, -0.15) is 0 Å². The van der Waals surface area contributed by atoms with E-state index in [4.69, 9.17) is 97.8 Å². The Hall–Kier alpha value is -6.20. The SMILES string of the molecule is [B]c1c([B])c([B])c(-c2nc(-c3c([B])c([B])c([B])c([B])c3[B])nc(-c3cccc4oc5ccc(-c6ccc7c(c6)c6ccccc6n7-c6ccccc6)cc5c34)n2)c([B])c1[B]. The average molecular weight is 739 g/mol. The lowest BCUT2D eigenvalue weighted by Gasteiger charge is -2.22. The molecule has 60 heavy (non-hydrogen) atoms. The van der Waals surface area contributed by atoms with Crippen LogP contribution in [-0.4, -0.2) is 98.0 Å². The highest BCUT2D eigenvalue weighted by molar-refractivity contribution is 6.70. The molecule has 0 aliphatic rings. The predicted molar refractivity (Wildman–Crippen MR) is 257 cm³/mol. The molecule has 20 radical (unpaired) electrons. The van der Waals surface area contributed by atoms with E-state index in [-0.39, 0.29) is 83.2 Å². The minimum absolute atomic E-state index is 0.00429. The minimum atomic E-state index is 0.00429. The van der Waals surface area contributed by atoms with Crippen LogP contribution in [0.25, 0.3) is 94.7 Å². The summed E-state index contributed by atoms with van der Waals surface area (Å²) in [6.07, 6.45) is 0. The van der Waals surface area contributed by atoms with Crippen molar-refractivity contribution in [2.75, 3.05) is 0 Å². The molecule has 0 saturated carbocycles. The van der Waals surface area contributed by atoms with E-state index in [1.165, 1.54) is 0 Å². The number of rotatable bonds is 5. The standard InChI is InChI=1S/C45H18B10N4O/c46-33-31(34(47)38(51)41(54)37(33)50)44-56-43(57-45(58-44)32-35(48)39(52)42(55)40(53)36(32)49)23-10-6-12-29-30(23)25-18-20(14-16-28(25)60-29)19-13-15-27-24(17-19)22-9-4-5-11-26(22)59(27)21-7-2-1-3-8-21/h1-18H. The Morgan fingerprint density at radius 2 is 0.883 bits per heavy atom. The summed E-state index contributed by atoms with van der Waals surface area (Å²) in [5.74, 6) is 0.193. The van der Waals surface area contributed by atoms with Crippen LogP contribution in [0, 0.1) is 0 Å². The van der Waals surface area contributed by atoms with Gasteiger partial charge in [-0.3, -0.25) is 0 Å². The van der Waals surface area contributed by atoms with E-state index in [1.54, 1.807) is 0 Å². The second-order valence-corrected chi connectivity index (χ2v) is 14.6. The van der Waals surface area contributed by atoms with Crippen LogP contribution in [-0.2, 0) is 0 Å². The van der Waals surface area contributed by atoms with Crippen molar-refractivity contribution < 1.29 is 4.42 Å². The zero-order valence-corrected chi connectivity index (χ0v) is 31.9. The highest BCUT2D eigenvalue weighted by atomic mass is 16.3. The molecule has 15 heteroatoms. The maximum atomic E-state index is 6.54. The van der Waals surface area contributed by atoms with Gasteiger partial charge in [-0.15, -0.1) is 32.8 Å². The fourth-order valence-corrected chi connectivity index (χ4v) is 8.10. The van der Waals surface area contributed by atoms with E-state index in [2.05, 4.69) is 65.2 Å². The summed E-state index contributed by atoms with van der Waals surface area (Å²) in [5.41, 5.74) is 7.54. The van der Waals surface area contributed by atoms with Gasteiger partial charge in [-0.1, -0.05) is 82.5 Å². The summed E-state index contributed by atoms with van der Waals surface area (Å²) in [4.78, 5) is 14.6. The molecule has 10 aromatic rings. The van der Waals surface area contributed by atoms with Gasteiger partial charge < -0.3 is 8.98 Å². The summed E-state index contributed by atoms with van der Waals surface area (Å²) in [6, 6.07) is 37.0. The van der Waals surface area contributed by atoms with E-state index in [0.717, 1.165) is 49.4 Å². The Morgan fingerprint density at radius 3 is 1.50 bits per heavy atom.